The number of hydrogen-bond donors (Lipinski definition) is 1. The van der Waals surface area contributed by atoms with Gasteiger partial charge in [-0.2, -0.15) is 11.8 Å². The van der Waals surface area contributed by atoms with Crippen molar-refractivity contribution in [3.63, 3.8) is 0 Å². The second kappa shape index (κ2) is 9.07. The van der Waals surface area contributed by atoms with Gasteiger partial charge in [-0.3, -0.25) is 4.79 Å². The molecule has 0 fully saturated rings. The smallest absolute Gasteiger partial charge is 0.313 e. The molecule has 0 saturated carbocycles. The number of aliphatic carboxylic acids is 1. The van der Waals surface area contributed by atoms with Crippen molar-refractivity contribution >= 4 is 17.7 Å². The molecule has 1 aromatic carbocycles. The Morgan fingerprint density at radius 3 is 2.71 bits per heavy atom. The summed E-state index contributed by atoms with van der Waals surface area (Å²) in [6.45, 7) is 1.44. The lowest BCUT2D eigenvalue weighted by Gasteiger charge is -2.04. The normalized spacial score (nSPS) is 10.4. The standard InChI is InChI=1S/C13H18O3S/c14-13(15)11-17-10-4-8-16-9-7-12-5-2-1-3-6-12/h1-3,5-6H,4,7-11H2,(H,14,15). The molecule has 1 rings (SSSR count). The number of carboxylic acids is 1. The summed E-state index contributed by atoms with van der Waals surface area (Å²) in [4.78, 5) is 10.2. The predicted molar refractivity (Wildman–Crippen MR) is 70.5 cm³/mol. The number of rotatable bonds is 9. The van der Waals surface area contributed by atoms with E-state index in [1.54, 1.807) is 0 Å². The van der Waals surface area contributed by atoms with Crippen LogP contribution in [0, 0.1) is 0 Å². The lowest BCUT2D eigenvalue weighted by atomic mass is 10.2. The van der Waals surface area contributed by atoms with Crippen molar-refractivity contribution < 1.29 is 14.6 Å². The molecule has 0 saturated heterocycles. The highest BCUT2D eigenvalue weighted by Gasteiger charge is 1.97. The average Bonchev–Trinajstić information content (AvgIpc) is 2.33. The summed E-state index contributed by atoms with van der Waals surface area (Å²) in [5.41, 5.74) is 1.28. The molecular weight excluding hydrogens is 236 g/mol. The van der Waals surface area contributed by atoms with E-state index < -0.39 is 5.97 Å². The van der Waals surface area contributed by atoms with Crippen molar-refractivity contribution in [2.45, 2.75) is 12.8 Å². The van der Waals surface area contributed by atoms with Gasteiger partial charge in [0.05, 0.1) is 12.4 Å². The third-order valence-corrected chi connectivity index (χ3v) is 3.21. The molecule has 0 amide bonds. The third-order valence-electron chi connectivity index (χ3n) is 2.18. The molecule has 0 heterocycles. The first-order chi connectivity index (χ1) is 8.29. The highest BCUT2D eigenvalue weighted by atomic mass is 32.2. The Morgan fingerprint density at radius 2 is 2.00 bits per heavy atom. The van der Waals surface area contributed by atoms with Crippen LogP contribution in [0.3, 0.4) is 0 Å². The third kappa shape index (κ3) is 7.82. The summed E-state index contributed by atoms with van der Waals surface area (Å²) in [6, 6.07) is 10.2. The first-order valence-corrected chi connectivity index (χ1v) is 6.85. The highest BCUT2D eigenvalue weighted by molar-refractivity contribution is 7.99. The van der Waals surface area contributed by atoms with E-state index >= 15 is 0 Å². The maximum atomic E-state index is 10.2. The van der Waals surface area contributed by atoms with Crippen LogP contribution in [0.1, 0.15) is 12.0 Å². The number of hydrogen-bond acceptors (Lipinski definition) is 3. The van der Waals surface area contributed by atoms with Crippen molar-refractivity contribution in [1.29, 1.82) is 0 Å². The zero-order valence-electron chi connectivity index (χ0n) is 9.80. The van der Waals surface area contributed by atoms with Crippen LogP contribution in [0.15, 0.2) is 30.3 Å². The highest BCUT2D eigenvalue weighted by Crippen LogP contribution is 2.03. The fourth-order valence-corrected chi connectivity index (χ4v) is 2.00. The van der Waals surface area contributed by atoms with Gasteiger partial charge in [-0.05, 0) is 24.2 Å². The lowest BCUT2D eigenvalue weighted by molar-refractivity contribution is -0.133. The average molecular weight is 254 g/mol. The summed E-state index contributed by atoms with van der Waals surface area (Å²) in [5, 5.41) is 8.43. The van der Waals surface area contributed by atoms with Gasteiger partial charge >= 0.3 is 5.97 Å². The molecule has 0 bridgehead atoms. The van der Waals surface area contributed by atoms with E-state index in [-0.39, 0.29) is 5.75 Å². The fraction of sp³-hybridized carbons (Fsp3) is 0.462. The Kier molecular flexibility index (Phi) is 7.51. The van der Waals surface area contributed by atoms with Gasteiger partial charge in [-0.25, -0.2) is 0 Å². The second-order valence-electron chi connectivity index (χ2n) is 3.65. The molecule has 0 unspecified atom stereocenters. The van der Waals surface area contributed by atoms with E-state index in [9.17, 15) is 4.79 Å². The summed E-state index contributed by atoms with van der Waals surface area (Å²) >= 11 is 1.44. The molecule has 0 radical (unpaired) electrons. The van der Waals surface area contributed by atoms with Crippen LogP contribution in [-0.4, -0.2) is 35.8 Å². The zero-order chi connectivity index (χ0) is 12.3. The van der Waals surface area contributed by atoms with E-state index in [0.29, 0.717) is 6.61 Å². The van der Waals surface area contributed by atoms with Crippen LogP contribution in [0.2, 0.25) is 0 Å². The lowest BCUT2D eigenvalue weighted by Crippen LogP contribution is -2.03. The van der Waals surface area contributed by atoms with Crippen molar-refractivity contribution in [3.8, 4) is 0 Å². The van der Waals surface area contributed by atoms with Crippen molar-refractivity contribution in [2.24, 2.45) is 0 Å². The van der Waals surface area contributed by atoms with Crippen LogP contribution in [0.25, 0.3) is 0 Å². The summed E-state index contributed by atoms with van der Waals surface area (Å²) in [5.74, 6) is 0.279. The second-order valence-corrected chi connectivity index (χ2v) is 4.75. The van der Waals surface area contributed by atoms with Gasteiger partial charge < -0.3 is 9.84 Å². The Morgan fingerprint density at radius 1 is 1.24 bits per heavy atom. The van der Waals surface area contributed by atoms with E-state index in [1.165, 1.54) is 17.3 Å². The Balaban J connectivity index is 1.90. The Labute approximate surface area is 106 Å². The molecule has 0 aliphatic rings. The molecule has 1 aromatic rings. The monoisotopic (exact) mass is 254 g/mol. The van der Waals surface area contributed by atoms with Crippen molar-refractivity contribution in [2.75, 3.05) is 24.7 Å². The van der Waals surface area contributed by atoms with Crippen LogP contribution in [0.4, 0.5) is 0 Å². The molecule has 0 aromatic heterocycles. The Bertz CT molecular complexity index is 314. The van der Waals surface area contributed by atoms with Crippen molar-refractivity contribution in [1.82, 2.24) is 0 Å². The molecule has 94 valence electrons. The van der Waals surface area contributed by atoms with Gasteiger partial charge in [0.15, 0.2) is 0 Å². The number of ether oxygens (including phenoxy) is 1. The van der Waals surface area contributed by atoms with Gasteiger partial charge in [0, 0.05) is 6.61 Å². The summed E-state index contributed by atoms with van der Waals surface area (Å²) in [7, 11) is 0. The van der Waals surface area contributed by atoms with Gasteiger partial charge in [0.1, 0.15) is 0 Å². The Hall–Kier alpha value is -1.00. The van der Waals surface area contributed by atoms with Gasteiger partial charge in [0.2, 0.25) is 0 Å². The minimum atomic E-state index is -0.750. The zero-order valence-corrected chi connectivity index (χ0v) is 10.6. The molecule has 17 heavy (non-hydrogen) atoms. The first-order valence-electron chi connectivity index (χ1n) is 5.70. The number of thioether (sulfide) groups is 1. The van der Waals surface area contributed by atoms with Crippen LogP contribution >= 0.6 is 11.8 Å². The fourth-order valence-electron chi connectivity index (χ4n) is 1.36. The van der Waals surface area contributed by atoms with Gasteiger partial charge in [-0.1, -0.05) is 30.3 Å². The summed E-state index contributed by atoms with van der Waals surface area (Å²) < 4.78 is 5.48. The van der Waals surface area contributed by atoms with Crippen LogP contribution < -0.4 is 0 Å². The molecule has 0 aliphatic heterocycles. The SMILES string of the molecule is O=C(O)CSCCCOCCc1ccccc1. The molecule has 0 spiro atoms. The molecule has 0 atom stereocenters. The molecule has 3 nitrogen and oxygen atoms in total. The molecule has 0 aliphatic carbocycles. The molecule has 4 heteroatoms. The quantitative estimate of drug-likeness (QED) is 0.688. The minimum Gasteiger partial charge on any atom is -0.481 e. The summed E-state index contributed by atoms with van der Waals surface area (Å²) in [6.07, 6.45) is 1.84. The van der Waals surface area contributed by atoms with Crippen molar-refractivity contribution in [3.05, 3.63) is 35.9 Å². The predicted octanol–water partition coefficient (Wildman–Crippen LogP) is 2.45. The van der Waals surface area contributed by atoms with E-state index in [2.05, 4.69) is 12.1 Å². The van der Waals surface area contributed by atoms with Crippen LogP contribution in [-0.2, 0) is 16.0 Å². The number of benzene rings is 1. The van der Waals surface area contributed by atoms with Gasteiger partial charge in [-0.15, -0.1) is 0 Å². The maximum absolute atomic E-state index is 10.2. The van der Waals surface area contributed by atoms with Gasteiger partial charge in [0.25, 0.3) is 0 Å². The number of carbonyl (C=O) groups is 1. The van der Waals surface area contributed by atoms with E-state index in [0.717, 1.165) is 25.2 Å². The maximum Gasteiger partial charge on any atom is 0.313 e. The molecular formula is C13H18O3S. The minimum absolute atomic E-state index is 0.185. The largest absolute Gasteiger partial charge is 0.481 e. The van der Waals surface area contributed by atoms with E-state index in [4.69, 9.17) is 9.84 Å². The molecule has 1 N–H and O–H groups in total. The first kappa shape index (κ1) is 14.1. The number of carboxylic acid groups (broad SMARTS) is 1. The van der Waals surface area contributed by atoms with Crippen LogP contribution in [0.5, 0.6) is 0 Å². The van der Waals surface area contributed by atoms with E-state index in [1.807, 2.05) is 18.2 Å². The topological polar surface area (TPSA) is 46.5 Å².